The topological polar surface area (TPSA) is 80.2 Å². The highest BCUT2D eigenvalue weighted by atomic mass is 32.1. The average Bonchev–Trinajstić information content (AvgIpc) is 3.24. The summed E-state index contributed by atoms with van der Waals surface area (Å²) in [6.07, 6.45) is 12.8. The van der Waals surface area contributed by atoms with Crippen molar-refractivity contribution in [2.75, 3.05) is 11.9 Å². The summed E-state index contributed by atoms with van der Waals surface area (Å²) in [5.41, 5.74) is 1.52. The summed E-state index contributed by atoms with van der Waals surface area (Å²) in [4.78, 5) is 14.0. The molecule has 0 saturated heterocycles. The second kappa shape index (κ2) is 8.77. The maximum Gasteiger partial charge on any atom is 0.227 e. The van der Waals surface area contributed by atoms with Gasteiger partial charge in [0, 0.05) is 18.3 Å². The fraction of sp³-hybridized carbons (Fsp3) is 0.190. The molecule has 1 unspecified atom stereocenters. The van der Waals surface area contributed by atoms with Crippen molar-refractivity contribution in [2.45, 2.75) is 13.0 Å². The van der Waals surface area contributed by atoms with Gasteiger partial charge in [-0.15, -0.1) is 11.3 Å². The monoisotopic (exact) mass is 392 g/mol. The van der Waals surface area contributed by atoms with E-state index >= 15 is 0 Å². The maximum absolute atomic E-state index is 9.23. The Bertz CT molecular complexity index is 999. The molecule has 2 aromatic heterocycles. The molecule has 6 nitrogen and oxygen atoms in total. The molecule has 4 rings (SSSR count). The standard InChI is InChI=1S/C21H20N4O2S/c26-13-16-12-23-20(28-16)18-10-11-22-21(25-18)24-17-8-4-5-9-19(17)27-14-15-6-2-1-3-7-15/h1-6,8-12,15,26H,7,13-14H2,(H,22,24,25). The number of aromatic nitrogens is 3. The van der Waals surface area contributed by atoms with Gasteiger partial charge in [-0.1, -0.05) is 36.4 Å². The number of hydrogen-bond donors (Lipinski definition) is 2. The highest BCUT2D eigenvalue weighted by molar-refractivity contribution is 7.14. The minimum atomic E-state index is -0.0233. The smallest absolute Gasteiger partial charge is 0.227 e. The summed E-state index contributed by atoms with van der Waals surface area (Å²) < 4.78 is 6.04. The molecular formula is C21H20N4O2S. The third-order valence-electron chi connectivity index (χ3n) is 4.24. The lowest BCUT2D eigenvalue weighted by Gasteiger charge is -2.17. The third kappa shape index (κ3) is 4.44. The highest BCUT2D eigenvalue weighted by Gasteiger charge is 2.11. The number of rotatable bonds is 7. The molecule has 0 radical (unpaired) electrons. The first kappa shape index (κ1) is 18.3. The van der Waals surface area contributed by atoms with Crippen LogP contribution in [0.25, 0.3) is 10.7 Å². The van der Waals surface area contributed by atoms with Crippen molar-refractivity contribution in [2.24, 2.45) is 5.92 Å². The third-order valence-corrected chi connectivity index (χ3v) is 5.24. The Kier molecular flexibility index (Phi) is 5.75. The first-order valence-corrected chi connectivity index (χ1v) is 9.84. The zero-order valence-corrected chi connectivity index (χ0v) is 16.0. The minimum absolute atomic E-state index is 0.0233. The summed E-state index contributed by atoms with van der Waals surface area (Å²) in [5.74, 6) is 1.61. The Morgan fingerprint density at radius 1 is 1.18 bits per heavy atom. The quantitative estimate of drug-likeness (QED) is 0.622. The molecule has 1 aliphatic rings. The van der Waals surface area contributed by atoms with E-state index in [0.717, 1.165) is 27.7 Å². The molecular weight excluding hydrogens is 372 g/mol. The summed E-state index contributed by atoms with van der Waals surface area (Å²) >= 11 is 1.41. The van der Waals surface area contributed by atoms with Crippen molar-refractivity contribution in [3.63, 3.8) is 0 Å². The van der Waals surface area contributed by atoms with Crippen molar-refractivity contribution >= 4 is 23.0 Å². The predicted molar refractivity (Wildman–Crippen MR) is 111 cm³/mol. The van der Waals surface area contributed by atoms with Gasteiger partial charge in [0.15, 0.2) is 0 Å². The summed E-state index contributed by atoms with van der Waals surface area (Å²) in [6.45, 7) is 0.591. The molecule has 1 atom stereocenters. The molecule has 142 valence electrons. The molecule has 1 aromatic carbocycles. The summed E-state index contributed by atoms with van der Waals surface area (Å²) in [6, 6.07) is 9.56. The largest absolute Gasteiger partial charge is 0.491 e. The molecule has 0 amide bonds. The summed E-state index contributed by atoms with van der Waals surface area (Å²) in [5, 5.41) is 13.2. The fourth-order valence-electron chi connectivity index (χ4n) is 2.81. The van der Waals surface area contributed by atoms with Crippen LogP contribution in [0.4, 0.5) is 11.6 Å². The van der Waals surface area contributed by atoms with Crippen LogP contribution in [0.5, 0.6) is 5.75 Å². The van der Waals surface area contributed by atoms with E-state index in [2.05, 4.69) is 44.6 Å². The van der Waals surface area contributed by atoms with Gasteiger partial charge in [-0.3, -0.25) is 0 Å². The van der Waals surface area contributed by atoms with Gasteiger partial charge in [0.1, 0.15) is 16.5 Å². The second-order valence-electron chi connectivity index (χ2n) is 6.30. The van der Waals surface area contributed by atoms with Gasteiger partial charge in [-0.2, -0.15) is 0 Å². The zero-order valence-electron chi connectivity index (χ0n) is 15.2. The van der Waals surface area contributed by atoms with Crippen molar-refractivity contribution in [1.29, 1.82) is 0 Å². The maximum atomic E-state index is 9.23. The molecule has 0 aliphatic heterocycles. The van der Waals surface area contributed by atoms with Crippen LogP contribution in [0.1, 0.15) is 11.3 Å². The number of ether oxygens (including phenoxy) is 1. The number of allylic oxidation sites excluding steroid dienone is 3. The van der Waals surface area contributed by atoms with Crippen molar-refractivity contribution in [3.05, 3.63) is 71.9 Å². The van der Waals surface area contributed by atoms with E-state index in [1.807, 2.05) is 24.3 Å². The summed E-state index contributed by atoms with van der Waals surface area (Å²) in [7, 11) is 0. The first-order valence-electron chi connectivity index (χ1n) is 9.03. The Labute approximate surface area is 167 Å². The van der Waals surface area contributed by atoms with Crippen LogP contribution in [0.15, 0.2) is 67.0 Å². The van der Waals surface area contributed by atoms with Gasteiger partial charge in [0.25, 0.3) is 0 Å². The molecule has 3 aromatic rings. The number of nitrogens with zero attached hydrogens (tertiary/aromatic N) is 3. The lowest BCUT2D eigenvalue weighted by atomic mass is 10.0. The number of anilines is 2. The Morgan fingerprint density at radius 3 is 2.93 bits per heavy atom. The van der Waals surface area contributed by atoms with Crippen LogP contribution in [0.2, 0.25) is 0 Å². The first-order chi connectivity index (χ1) is 13.8. The van der Waals surface area contributed by atoms with Crippen molar-refractivity contribution < 1.29 is 9.84 Å². The van der Waals surface area contributed by atoms with Gasteiger partial charge >= 0.3 is 0 Å². The molecule has 0 fully saturated rings. The van der Waals surface area contributed by atoms with E-state index in [-0.39, 0.29) is 6.61 Å². The molecule has 28 heavy (non-hydrogen) atoms. The SMILES string of the molecule is OCc1cnc(-c2ccnc(Nc3ccccc3OCC3C=CC=CC3)n2)s1. The number of aliphatic hydroxyl groups is 1. The van der Waals surface area contributed by atoms with Crippen molar-refractivity contribution in [3.8, 4) is 16.5 Å². The second-order valence-corrected chi connectivity index (χ2v) is 7.41. The Hall–Kier alpha value is -3.03. The molecule has 2 heterocycles. The molecule has 0 spiro atoms. The molecule has 1 aliphatic carbocycles. The number of benzene rings is 1. The lowest BCUT2D eigenvalue weighted by molar-refractivity contribution is 0.277. The molecule has 2 N–H and O–H groups in total. The fourth-order valence-corrected chi connectivity index (χ4v) is 3.55. The van der Waals surface area contributed by atoms with Gasteiger partial charge < -0.3 is 15.2 Å². The van der Waals surface area contributed by atoms with Gasteiger partial charge in [0.2, 0.25) is 5.95 Å². The Morgan fingerprint density at radius 2 is 2.11 bits per heavy atom. The number of hydrogen-bond acceptors (Lipinski definition) is 7. The number of para-hydroxylation sites is 2. The van der Waals surface area contributed by atoms with E-state index in [1.54, 1.807) is 18.5 Å². The number of thiazole rings is 1. The molecule has 0 bridgehead atoms. The highest BCUT2D eigenvalue weighted by Crippen LogP contribution is 2.29. The average molecular weight is 392 g/mol. The zero-order chi connectivity index (χ0) is 19.2. The van der Waals surface area contributed by atoms with E-state index in [4.69, 9.17) is 4.74 Å². The van der Waals surface area contributed by atoms with E-state index in [1.165, 1.54) is 11.3 Å². The number of nitrogens with one attached hydrogen (secondary N) is 1. The number of aliphatic hydroxyl groups excluding tert-OH is 1. The van der Waals surface area contributed by atoms with Crippen molar-refractivity contribution in [1.82, 2.24) is 15.0 Å². The molecule has 0 saturated carbocycles. The normalized spacial score (nSPS) is 15.5. The van der Waals surface area contributed by atoms with Crippen LogP contribution in [-0.4, -0.2) is 26.7 Å². The van der Waals surface area contributed by atoms with E-state index in [9.17, 15) is 5.11 Å². The minimum Gasteiger partial charge on any atom is -0.491 e. The van der Waals surface area contributed by atoms with Crippen LogP contribution in [0.3, 0.4) is 0 Å². The predicted octanol–water partition coefficient (Wildman–Crippen LogP) is 4.35. The van der Waals surface area contributed by atoms with Gasteiger partial charge in [0.05, 0.1) is 23.8 Å². The van der Waals surface area contributed by atoms with Gasteiger partial charge in [-0.25, -0.2) is 15.0 Å². The van der Waals surface area contributed by atoms with Crippen LogP contribution in [0, 0.1) is 5.92 Å². The van der Waals surface area contributed by atoms with E-state index in [0.29, 0.717) is 24.2 Å². The lowest BCUT2D eigenvalue weighted by Crippen LogP contribution is -2.11. The molecule has 7 heteroatoms. The van der Waals surface area contributed by atoms with Gasteiger partial charge in [-0.05, 0) is 24.6 Å². The Balaban J connectivity index is 1.49. The van der Waals surface area contributed by atoms with Crippen LogP contribution >= 0.6 is 11.3 Å². The van der Waals surface area contributed by atoms with E-state index < -0.39 is 0 Å². The van der Waals surface area contributed by atoms with Crippen LogP contribution in [-0.2, 0) is 6.61 Å². The van der Waals surface area contributed by atoms with Crippen LogP contribution < -0.4 is 10.1 Å².